The van der Waals surface area contributed by atoms with Crippen molar-refractivity contribution in [2.45, 2.75) is 38.1 Å². The molecule has 0 saturated heterocycles. The number of sulfonamides is 1. The molecule has 0 fully saturated rings. The van der Waals surface area contributed by atoms with Gasteiger partial charge in [0.05, 0.1) is 0 Å². The van der Waals surface area contributed by atoms with Crippen LogP contribution in [-0.2, 0) is 10.0 Å². The van der Waals surface area contributed by atoms with E-state index in [0.717, 1.165) is 12.1 Å². The maximum atomic E-state index is 13.7. The minimum Gasteiger partial charge on any atom is -0.394 e. The van der Waals surface area contributed by atoms with Crippen LogP contribution in [0.2, 0.25) is 0 Å². The van der Waals surface area contributed by atoms with Crippen molar-refractivity contribution in [3.63, 3.8) is 0 Å². The van der Waals surface area contributed by atoms with Gasteiger partial charge in [-0.15, -0.1) is 0 Å². The molecule has 1 atom stereocenters. The standard InChI is InChI=1S/C12H18F2N2O2S/c1-7(2)6-8(3)16-19(17,18)10-5-4-9(13)12(15)11(10)14/h4-5,7-8,16H,6,15H2,1-3H3. The normalized spacial score (nSPS) is 13.8. The molecule has 0 radical (unpaired) electrons. The third-order valence-corrected chi connectivity index (χ3v) is 4.17. The SMILES string of the molecule is CC(C)CC(C)NS(=O)(=O)c1ccc(F)c(N)c1F. The van der Waals surface area contributed by atoms with Gasteiger partial charge in [0.15, 0.2) is 5.82 Å². The molecule has 3 N–H and O–H groups in total. The molecule has 1 rings (SSSR count). The zero-order valence-electron chi connectivity index (χ0n) is 11.1. The second kappa shape index (κ2) is 5.83. The van der Waals surface area contributed by atoms with Crippen molar-refractivity contribution >= 4 is 15.7 Å². The van der Waals surface area contributed by atoms with E-state index in [0.29, 0.717) is 12.3 Å². The highest BCUT2D eigenvalue weighted by molar-refractivity contribution is 7.89. The molecule has 1 aromatic rings. The Hall–Kier alpha value is -1.21. The van der Waals surface area contributed by atoms with E-state index in [1.165, 1.54) is 0 Å². The molecule has 0 aliphatic heterocycles. The molecule has 0 amide bonds. The lowest BCUT2D eigenvalue weighted by molar-refractivity contribution is 0.479. The van der Waals surface area contributed by atoms with Crippen LogP contribution in [0, 0.1) is 17.6 Å². The summed E-state index contributed by atoms with van der Waals surface area (Å²) in [6.45, 7) is 5.57. The summed E-state index contributed by atoms with van der Waals surface area (Å²) in [5, 5.41) is 0. The van der Waals surface area contributed by atoms with E-state index in [1.807, 2.05) is 13.8 Å². The van der Waals surface area contributed by atoms with Crippen LogP contribution in [0.4, 0.5) is 14.5 Å². The van der Waals surface area contributed by atoms with E-state index in [-0.39, 0.29) is 6.04 Å². The molecule has 0 aliphatic carbocycles. The lowest BCUT2D eigenvalue weighted by Gasteiger charge is -2.16. The summed E-state index contributed by atoms with van der Waals surface area (Å²) >= 11 is 0. The molecule has 0 aliphatic rings. The van der Waals surface area contributed by atoms with Gasteiger partial charge in [-0.1, -0.05) is 13.8 Å². The van der Waals surface area contributed by atoms with Gasteiger partial charge < -0.3 is 5.73 Å². The van der Waals surface area contributed by atoms with Crippen molar-refractivity contribution in [3.8, 4) is 0 Å². The van der Waals surface area contributed by atoms with E-state index >= 15 is 0 Å². The Morgan fingerprint density at radius 1 is 1.26 bits per heavy atom. The Labute approximate surface area is 112 Å². The molecule has 0 spiro atoms. The first-order valence-electron chi connectivity index (χ1n) is 5.91. The number of nitrogens with one attached hydrogen (secondary N) is 1. The van der Waals surface area contributed by atoms with Crippen LogP contribution in [0.5, 0.6) is 0 Å². The third-order valence-electron chi connectivity index (χ3n) is 2.56. The molecular weight excluding hydrogens is 274 g/mol. The monoisotopic (exact) mass is 292 g/mol. The van der Waals surface area contributed by atoms with Gasteiger partial charge in [0.1, 0.15) is 16.4 Å². The molecule has 1 aromatic carbocycles. The first-order chi connectivity index (χ1) is 8.65. The summed E-state index contributed by atoms with van der Waals surface area (Å²) in [5.41, 5.74) is 4.36. The maximum Gasteiger partial charge on any atom is 0.243 e. The summed E-state index contributed by atoms with van der Waals surface area (Å²) in [6.07, 6.45) is 0.609. The summed E-state index contributed by atoms with van der Waals surface area (Å²) in [7, 11) is -4.05. The average molecular weight is 292 g/mol. The van der Waals surface area contributed by atoms with Crippen LogP contribution in [0.3, 0.4) is 0 Å². The van der Waals surface area contributed by atoms with Gasteiger partial charge >= 0.3 is 0 Å². The van der Waals surface area contributed by atoms with Gasteiger partial charge in [0.25, 0.3) is 0 Å². The largest absolute Gasteiger partial charge is 0.394 e. The van der Waals surface area contributed by atoms with Crippen LogP contribution >= 0.6 is 0 Å². The number of hydrogen-bond donors (Lipinski definition) is 2. The molecule has 19 heavy (non-hydrogen) atoms. The van der Waals surface area contributed by atoms with E-state index in [1.54, 1.807) is 6.92 Å². The molecular formula is C12H18F2N2O2S. The fraction of sp³-hybridized carbons (Fsp3) is 0.500. The Kier molecular flexibility index (Phi) is 4.86. The van der Waals surface area contributed by atoms with Crippen molar-refractivity contribution in [1.29, 1.82) is 0 Å². The molecule has 0 heterocycles. The first kappa shape index (κ1) is 15.8. The molecule has 1 unspecified atom stereocenters. The quantitative estimate of drug-likeness (QED) is 0.818. The van der Waals surface area contributed by atoms with Gasteiger partial charge in [-0.2, -0.15) is 0 Å². The lowest BCUT2D eigenvalue weighted by atomic mass is 10.1. The summed E-state index contributed by atoms with van der Waals surface area (Å²) in [6, 6.07) is 1.35. The molecule has 4 nitrogen and oxygen atoms in total. The van der Waals surface area contributed by atoms with Gasteiger partial charge in [-0.3, -0.25) is 0 Å². The zero-order valence-corrected chi connectivity index (χ0v) is 11.9. The molecule has 0 aromatic heterocycles. The number of nitrogen functional groups attached to an aromatic ring is 1. The minimum absolute atomic E-state index is 0.292. The molecule has 7 heteroatoms. The maximum absolute atomic E-state index is 13.7. The third kappa shape index (κ3) is 3.87. The fourth-order valence-electron chi connectivity index (χ4n) is 1.84. The van der Waals surface area contributed by atoms with Gasteiger partial charge in [0, 0.05) is 6.04 Å². The number of nitrogens with two attached hydrogens (primary N) is 1. The fourth-order valence-corrected chi connectivity index (χ4v) is 3.19. The smallest absolute Gasteiger partial charge is 0.243 e. The van der Waals surface area contributed by atoms with Crippen molar-refractivity contribution in [2.75, 3.05) is 5.73 Å². The van der Waals surface area contributed by atoms with Crippen LogP contribution in [0.25, 0.3) is 0 Å². The van der Waals surface area contributed by atoms with Gasteiger partial charge in [-0.05, 0) is 31.4 Å². The van der Waals surface area contributed by atoms with Crippen molar-refractivity contribution in [1.82, 2.24) is 4.72 Å². The topological polar surface area (TPSA) is 72.2 Å². The van der Waals surface area contributed by atoms with Gasteiger partial charge in [0.2, 0.25) is 10.0 Å². The van der Waals surface area contributed by atoms with Crippen molar-refractivity contribution in [3.05, 3.63) is 23.8 Å². The second-order valence-electron chi connectivity index (χ2n) is 4.93. The Morgan fingerprint density at radius 3 is 2.37 bits per heavy atom. The number of hydrogen-bond acceptors (Lipinski definition) is 3. The highest BCUT2D eigenvalue weighted by atomic mass is 32.2. The van der Waals surface area contributed by atoms with Crippen molar-refractivity contribution < 1.29 is 17.2 Å². The Morgan fingerprint density at radius 2 is 1.84 bits per heavy atom. The highest BCUT2D eigenvalue weighted by Gasteiger charge is 2.24. The van der Waals surface area contributed by atoms with Crippen LogP contribution in [0.15, 0.2) is 17.0 Å². The van der Waals surface area contributed by atoms with Crippen LogP contribution in [0.1, 0.15) is 27.2 Å². The highest BCUT2D eigenvalue weighted by Crippen LogP contribution is 2.23. The zero-order chi connectivity index (χ0) is 14.8. The molecule has 0 saturated carbocycles. The Bertz CT molecular complexity index is 559. The summed E-state index contributed by atoms with van der Waals surface area (Å²) in [5.74, 6) is -1.95. The van der Waals surface area contributed by atoms with E-state index < -0.39 is 32.2 Å². The van der Waals surface area contributed by atoms with E-state index in [2.05, 4.69) is 4.72 Å². The number of anilines is 1. The first-order valence-corrected chi connectivity index (χ1v) is 7.39. The molecule has 0 bridgehead atoms. The number of rotatable bonds is 5. The summed E-state index contributed by atoms with van der Waals surface area (Å²) in [4.78, 5) is -0.637. The molecule has 108 valence electrons. The van der Waals surface area contributed by atoms with Gasteiger partial charge in [-0.25, -0.2) is 21.9 Å². The van der Waals surface area contributed by atoms with E-state index in [4.69, 9.17) is 5.73 Å². The van der Waals surface area contributed by atoms with Crippen LogP contribution < -0.4 is 10.5 Å². The van der Waals surface area contributed by atoms with E-state index in [9.17, 15) is 17.2 Å². The lowest BCUT2D eigenvalue weighted by Crippen LogP contribution is -2.34. The minimum atomic E-state index is -4.05. The number of benzene rings is 1. The van der Waals surface area contributed by atoms with Crippen molar-refractivity contribution in [2.24, 2.45) is 5.92 Å². The van der Waals surface area contributed by atoms with Crippen LogP contribution in [-0.4, -0.2) is 14.5 Å². The summed E-state index contributed by atoms with van der Waals surface area (Å²) < 4.78 is 53.0. The predicted molar refractivity (Wildman–Crippen MR) is 70.0 cm³/mol. The second-order valence-corrected chi connectivity index (χ2v) is 6.61. The Balaban J connectivity index is 3.05. The average Bonchev–Trinajstić information content (AvgIpc) is 2.23. The number of halogens is 2. The predicted octanol–water partition coefficient (Wildman–Crippen LogP) is 2.26.